The molecule has 1 atom stereocenters. The first-order valence-electron chi connectivity index (χ1n) is 16.5. The maximum atomic E-state index is 14.0. The smallest absolute Gasteiger partial charge is 0.266 e. The maximum Gasteiger partial charge on any atom is 0.266 e. The maximum absolute atomic E-state index is 14.0. The highest BCUT2D eigenvalue weighted by atomic mass is 16.5. The van der Waals surface area contributed by atoms with Crippen molar-refractivity contribution in [1.82, 2.24) is 25.3 Å². The van der Waals surface area contributed by atoms with Crippen LogP contribution in [0.25, 0.3) is 11.1 Å². The van der Waals surface area contributed by atoms with E-state index in [2.05, 4.69) is 61.7 Å². The van der Waals surface area contributed by atoms with E-state index in [4.69, 9.17) is 4.74 Å². The number of benzene rings is 2. The summed E-state index contributed by atoms with van der Waals surface area (Å²) in [5.74, 6) is 1.13. The molecule has 0 bridgehead atoms. The lowest BCUT2D eigenvalue weighted by Crippen LogP contribution is -2.56. The van der Waals surface area contributed by atoms with Crippen molar-refractivity contribution in [3.63, 3.8) is 0 Å². The highest BCUT2D eigenvalue weighted by Crippen LogP contribution is 2.38. The van der Waals surface area contributed by atoms with Crippen LogP contribution in [0.15, 0.2) is 60.9 Å². The largest absolute Gasteiger partial charge is 0.477 e. The number of nitrogens with one attached hydrogen (secondary N) is 2. The molecular weight excluding hydrogens is 552 g/mol. The molecule has 2 saturated heterocycles. The number of nitrogens with zero attached hydrogens (tertiary/aromatic N) is 4. The monoisotopic (exact) mass is 596 g/mol. The molecule has 2 saturated carbocycles. The Labute approximate surface area is 259 Å². The van der Waals surface area contributed by atoms with Gasteiger partial charge in [0.05, 0.1) is 12.1 Å². The molecule has 4 aliphatic rings. The van der Waals surface area contributed by atoms with Crippen LogP contribution >= 0.6 is 0 Å². The first-order valence-corrected chi connectivity index (χ1v) is 16.5. The van der Waals surface area contributed by atoms with E-state index in [9.17, 15) is 9.59 Å². The first kappa shape index (κ1) is 28.9. The summed E-state index contributed by atoms with van der Waals surface area (Å²) in [7, 11) is 0. The van der Waals surface area contributed by atoms with Gasteiger partial charge in [0.1, 0.15) is 5.75 Å². The molecule has 0 radical (unpaired) electrons. The SMILES string of the molecule is O=C([C@@H]1CCCN(c2cccc(OC3(C(=O)N4CCNCC4)CCCC3)c2)C1)N(Cc1ccc(-c2cn[nH]c2)cc1)C1CC1. The predicted octanol–water partition coefficient (Wildman–Crippen LogP) is 4.61. The van der Waals surface area contributed by atoms with Crippen LogP contribution in [-0.4, -0.2) is 82.7 Å². The second-order valence-electron chi connectivity index (χ2n) is 13.0. The Hall–Kier alpha value is -3.85. The Morgan fingerprint density at radius 2 is 1.75 bits per heavy atom. The Balaban J connectivity index is 1.02. The van der Waals surface area contributed by atoms with Gasteiger partial charge in [0, 0.05) is 75.4 Å². The average Bonchev–Trinajstić information content (AvgIpc) is 3.54. The summed E-state index contributed by atoms with van der Waals surface area (Å²) < 4.78 is 6.64. The number of hydrogen-bond acceptors (Lipinski definition) is 6. The summed E-state index contributed by atoms with van der Waals surface area (Å²) in [4.78, 5) is 34.1. The van der Waals surface area contributed by atoms with Crippen LogP contribution < -0.4 is 15.0 Å². The third-order valence-corrected chi connectivity index (χ3v) is 9.88. The first-order chi connectivity index (χ1) is 21.6. The van der Waals surface area contributed by atoms with Gasteiger partial charge in [-0.25, -0.2) is 0 Å². The Kier molecular flexibility index (Phi) is 8.30. The normalized spacial score (nSPS) is 21.7. The quantitative estimate of drug-likeness (QED) is 0.375. The lowest BCUT2D eigenvalue weighted by Gasteiger charge is -2.38. The minimum absolute atomic E-state index is 0.0328. The van der Waals surface area contributed by atoms with Crippen LogP contribution in [-0.2, 0) is 16.1 Å². The van der Waals surface area contributed by atoms with Crippen molar-refractivity contribution in [3.8, 4) is 16.9 Å². The van der Waals surface area contributed by atoms with Crippen molar-refractivity contribution >= 4 is 17.5 Å². The molecule has 3 aromatic rings. The molecule has 232 valence electrons. The second-order valence-corrected chi connectivity index (χ2v) is 13.0. The topological polar surface area (TPSA) is 93.8 Å². The Bertz CT molecular complexity index is 1420. The van der Waals surface area contributed by atoms with Gasteiger partial charge in [0.15, 0.2) is 5.60 Å². The summed E-state index contributed by atoms with van der Waals surface area (Å²) in [6.45, 7) is 5.42. The van der Waals surface area contributed by atoms with Crippen LogP contribution in [0.2, 0.25) is 0 Å². The molecule has 0 unspecified atom stereocenters. The third kappa shape index (κ3) is 6.20. The van der Waals surface area contributed by atoms with E-state index in [-0.39, 0.29) is 17.7 Å². The van der Waals surface area contributed by atoms with E-state index in [1.807, 2.05) is 29.4 Å². The molecule has 2 N–H and O–H groups in total. The van der Waals surface area contributed by atoms with E-state index in [0.29, 0.717) is 19.1 Å². The van der Waals surface area contributed by atoms with E-state index in [1.165, 1.54) is 0 Å². The fraction of sp³-hybridized carbons (Fsp3) is 0.514. The fourth-order valence-electron chi connectivity index (χ4n) is 7.26. The van der Waals surface area contributed by atoms with Gasteiger partial charge in [-0.1, -0.05) is 30.3 Å². The molecule has 4 fully saturated rings. The molecule has 9 heteroatoms. The van der Waals surface area contributed by atoms with Gasteiger partial charge in [-0.2, -0.15) is 5.10 Å². The molecule has 2 aliphatic carbocycles. The van der Waals surface area contributed by atoms with Gasteiger partial charge in [-0.15, -0.1) is 0 Å². The minimum Gasteiger partial charge on any atom is -0.477 e. The summed E-state index contributed by atoms with van der Waals surface area (Å²) in [5.41, 5.74) is 3.64. The van der Waals surface area contributed by atoms with Crippen molar-refractivity contribution in [2.24, 2.45) is 5.92 Å². The van der Waals surface area contributed by atoms with E-state index >= 15 is 0 Å². The Morgan fingerprint density at radius 3 is 2.48 bits per heavy atom. The number of piperidine rings is 1. The number of H-pyrrole nitrogens is 1. The second kappa shape index (κ2) is 12.6. The lowest BCUT2D eigenvalue weighted by molar-refractivity contribution is -0.148. The number of piperazine rings is 1. The van der Waals surface area contributed by atoms with E-state index < -0.39 is 5.60 Å². The third-order valence-electron chi connectivity index (χ3n) is 9.88. The van der Waals surface area contributed by atoms with Gasteiger partial charge in [-0.3, -0.25) is 14.7 Å². The molecule has 9 nitrogen and oxygen atoms in total. The standard InChI is InChI=1S/C35H44N6O3/c42-33(41(30-12-13-30)24-26-8-10-27(11-9-26)29-22-37-38-23-29)28-5-4-18-40(25-28)31-6-3-7-32(21-31)44-35(14-1-2-15-35)34(43)39-19-16-36-17-20-39/h3,6-11,21-23,28,30,36H,1-2,4-5,12-20,24-25H2,(H,37,38)/t28-/m1/s1. The lowest BCUT2D eigenvalue weighted by atomic mass is 9.95. The van der Waals surface area contributed by atoms with Gasteiger partial charge in [0.2, 0.25) is 5.91 Å². The molecular formula is C35H44N6O3. The number of carbonyl (C=O) groups excluding carboxylic acids is 2. The van der Waals surface area contributed by atoms with Gasteiger partial charge >= 0.3 is 0 Å². The molecule has 3 heterocycles. The van der Waals surface area contributed by atoms with E-state index in [1.54, 1.807) is 0 Å². The molecule has 1 aromatic heterocycles. The zero-order valence-corrected chi connectivity index (χ0v) is 25.5. The molecule has 2 aliphatic heterocycles. The average molecular weight is 597 g/mol. The van der Waals surface area contributed by atoms with Crippen molar-refractivity contribution in [3.05, 3.63) is 66.5 Å². The number of hydrogen-bond donors (Lipinski definition) is 2. The van der Waals surface area contributed by atoms with Crippen LogP contribution in [0.4, 0.5) is 5.69 Å². The number of aromatic nitrogens is 2. The highest BCUT2D eigenvalue weighted by Gasteiger charge is 2.46. The van der Waals surface area contributed by atoms with Crippen LogP contribution in [0, 0.1) is 5.92 Å². The summed E-state index contributed by atoms with van der Waals surface area (Å²) in [5, 5.41) is 10.3. The zero-order chi connectivity index (χ0) is 29.9. The molecule has 2 aromatic carbocycles. The summed E-state index contributed by atoms with van der Waals surface area (Å²) >= 11 is 0. The highest BCUT2D eigenvalue weighted by molar-refractivity contribution is 5.86. The van der Waals surface area contributed by atoms with E-state index in [0.717, 1.165) is 112 Å². The number of carbonyl (C=O) groups is 2. The van der Waals surface area contributed by atoms with Crippen LogP contribution in [0.5, 0.6) is 5.75 Å². The summed E-state index contributed by atoms with van der Waals surface area (Å²) in [6.07, 6.45) is 11.3. The predicted molar refractivity (Wildman–Crippen MR) is 170 cm³/mol. The van der Waals surface area contributed by atoms with Crippen molar-refractivity contribution in [2.75, 3.05) is 44.2 Å². The number of aromatic amines is 1. The Morgan fingerprint density at radius 1 is 0.955 bits per heavy atom. The number of amides is 2. The molecule has 2 amide bonds. The molecule has 0 spiro atoms. The van der Waals surface area contributed by atoms with Crippen LogP contribution in [0.1, 0.15) is 56.9 Å². The van der Waals surface area contributed by atoms with Crippen molar-refractivity contribution < 1.29 is 14.3 Å². The van der Waals surface area contributed by atoms with Crippen molar-refractivity contribution in [2.45, 2.75) is 69.6 Å². The minimum atomic E-state index is -0.766. The number of ether oxygens (including phenoxy) is 1. The van der Waals surface area contributed by atoms with Crippen molar-refractivity contribution in [1.29, 1.82) is 0 Å². The number of rotatable bonds is 9. The van der Waals surface area contributed by atoms with Gasteiger partial charge < -0.3 is 24.8 Å². The van der Waals surface area contributed by atoms with Gasteiger partial charge in [0.25, 0.3) is 5.91 Å². The number of anilines is 1. The van der Waals surface area contributed by atoms with Crippen LogP contribution in [0.3, 0.4) is 0 Å². The fourth-order valence-corrected chi connectivity index (χ4v) is 7.26. The molecule has 44 heavy (non-hydrogen) atoms. The summed E-state index contributed by atoms with van der Waals surface area (Å²) in [6, 6.07) is 17.0. The van der Waals surface area contributed by atoms with Gasteiger partial charge in [-0.05, 0) is 74.6 Å². The molecule has 7 rings (SSSR count). The zero-order valence-electron chi connectivity index (χ0n) is 25.5.